The van der Waals surface area contributed by atoms with Crippen molar-refractivity contribution in [2.75, 3.05) is 13.2 Å². The van der Waals surface area contributed by atoms with Crippen LogP contribution in [0.15, 0.2) is 72.4 Å². The Morgan fingerprint density at radius 1 is 0.711 bits per heavy atom. The molecular weight excluding hydrogens is 626 g/mol. The van der Waals surface area contributed by atoms with Crippen LogP contribution in [0.5, 0.6) is 5.75 Å². The minimum Gasteiger partial charge on any atom is -0.494 e. The number of hydrogen-bond donors (Lipinski definition) is 0. The van der Waals surface area contributed by atoms with Crippen molar-refractivity contribution in [3.8, 4) is 11.8 Å². The Bertz CT molecular complexity index is 1140. The molecule has 5 nitrogen and oxygen atoms in total. The van der Waals surface area contributed by atoms with Crippen molar-refractivity contribution in [2.45, 2.75) is 70.8 Å². The van der Waals surface area contributed by atoms with E-state index >= 15 is 0 Å². The second-order valence-corrected chi connectivity index (χ2v) is 12.9. The van der Waals surface area contributed by atoms with Crippen LogP contribution in [-0.2, 0) is 11.3 Å². The Labute approximate surface area is 247 Å². The predicted octanol–water partition coefficient (Wildman–Crippen LogP) is 11.1. The molecule has 0 unspecified atom stereocenters. The van der Waals surface area contributed by atoms with Gasteiger partial charge in [0.05, 0.1) is 43.8 Å². The smallest absolute Gasteiger partial charge is 0.119 e. The number of azo groups is 1. The predicted molar refractivity (Wildman–Crippen MR) is 163 cm³/mol. The van der Waals surface area contributed by atoms with Gasteiger partial charge in [-0.1, -0.05) is 51.4 Å². The summed E-state index contributed by atoms with van der Waals surface area (Å²) in [5.41, 5.74) is 3.33. The number of hydrogen-bond acceptors (Lipinski definition) is 6. The summed E-state index contributed by atoms with van der Waals surface area (Å²) in [6.45, 7) is 2.28. The SMILES string of the molecule is N#Cc1ccc(N=Nc2ccc(OCCCCCCCCCCCCOCc3cc(Br)sc3Br)cc2)cc1. The highest BCUT2D eigenvalue weighted by molar-refractivity contribution is 9.12. The van der Waals surface area contributed by atoms with Gasteiger partial charge in [-0.25, -0.2) is 0 Å². The van der Waals surface area contributed by atoms with Crippen molar-refractivity contribution >= 4 is 54.6 Å². The quantitative estimate of drug-likeness (QED) is 0.101. The lowest BCUT2D eigenvalue weighted by molar-refractivity contribution is 0.116. The molecule has 1 heterocycles. The molecule has 3 aromatic rings. The van der Waals surface area contributed by atoms with Gasteiger partial charge in [-0.2, -0.15) is 15.5 Å². The van der Waals surface area contributed by atoms with Gasteiger partial charge in [-0.05, 0) is 99.3 Å². The number of ether oxygens (including phenoxy) is 2. The maximum atomic E-state index is 8.85. The summed E-state index contributed by atoms with van der Waals surface area (Å²) < 4.78 is 14.0. The Balaban J connectivity index is 1.11. The van der Waals surface area contributed by atoms with Crippen LogP contribution in [0.2, 0.25) is 0 Å². The van der Waals surface area contributed by atoms with Crippen LogP contribution in [-0.4, -0.2) is 13.2 Å². The second kappa shape index (κ2) is 18.3. The Hall–Kier alpha value is -2.05. The summed E-state index contributed by atoms with van der Waals surface area (Å²) in [6, 6.07) is 18.9. The summed E-state index contributed by atoms with van der Waals surface area (Å²) >= 11 is 8.77. The zero-order chi connectivity index (χ0) is 26.8. The molecule has 0 saturated heterocycles. The van der Waals surface area contributed by atoms with Crippen molar-refractivity contribution in [1.82, 2.24) is 0 Å². The number of nitrogens with zero attached hydrogens (tertiary/aromatic N) is 3. The molecule has 0 spiro atoms. The van der Waals surface area contributed by atoms with E-state index in [9.17, 15) is 0 Å². The Kier molecular flexibility index (Phi) is 14.7. The maximum Gasteiger partial charge on any atom is 0.119 e. The monoisotopic (exact) mass is 659 g/mol. The topological polar surface area (TPSA) is 67.0 Å². The average Bonchev–Trinajstić information content (AvgIpc) is 3.26. The third kappa shape index (κ3) is 12.2. The summed E-state index contributed by atoms with van der Waals surface area (Å²) in [5, 5.41) is 17.3. The number of nitriles is 1. The first-order valence-electron chi connectivity index (χ1n) is 13.3. The normalized spacial score (nSPS) is 11.2. The number of benzene rings is 2. The maximum absolute atomic E-state index is 8.85. The van der Waals surface area contributed by atoms with Crippen LogP contribution in [0.4, 0.5) is 11.4 Å². The van der Waals surface area contributed by atoms with Gasteiger partial charge in [0.2, 0.25) is 0 Å². The summed E-state index contributed by atoms with van der Waals surface area (Å²) in [6.07, 6.45) is 12.6. The van der Waals surface area contributed by atoms with Gasteiger partial charge in [-0.15, -0.1) is 11.3 Å². The summed E-state index contributed by atoms with van der Waals surface area (Å²) in [4.78, 5) is 0. The van der Waals surface area contributed by atoms with Crippen LogP contribution < -0.4 is 4.74 Å². The lowest BCUT2D eigenvalue weighted by Gasteiger charge is -2.06. The molecule has 0 saturated carbocycles. The number of thiophene rings is 1. The average molecular weight is 662 g/mol. The van der Waals surface area contributed by atoms with Gasteiger partial charge in [0, 0.05) is 12.2 Å². The van der Waals surface area contributed by atoms with E-state index in [1.165, 1.54) is 56.9 Å². The van der Waals surface area contributed by atoms with Crippen molar-refractivity contribution in [2.24, 2.45) is 10.2 Å². The minimum atomic E-state index is 0.613. The third-order valence-corrected chi connectivity index (χ3v) is 8.51. The first kappa shape index (κ1) is 30.5. The molecule has 202 valence electrons. The molecule has 3 rings (SSSR count). The van der Waals surface area contributed by atoms with Crippen LogP contribution in [0.25, 0.3) is 0 Å². The molecule has 0 bridgehead atoms. The third-order valence-electron chi connectivity index (χ3n) is 6.05. The van der Waals surface area contributed by atoms with E-state index in [4.69, 9.17) is 14.7 Å². The van der Waals surface area contributed by atoms with Crippen molar-refractivity contribution in [1.29, 1.82) is 5.26 Å². The lowest BCUT2D eigenvalue weighted by Crippen LogP contribution is -1.97. The number of halogens is 2. The van der Waals surface area contributed by atoms with E-state index < -0.39 is 0 Å². The van der Waals surface area contributed by atoms with E-state index in [0.29, 0.717) is 12.2 Å². The highest BCUT2D eigenvalue weighted by Crippen LogP contribution is 2.32. The van der Waals surface area contributed by atoms with Crippen molar-refractivity contribution < 1.29 is 9.47 Å². The molecule has 8 heteroatoms. The standard InChI is InChI=1S/C30H35Br2N3O2S/c31-29-21-25(30(32)38-29)23-36-19-9-7-5-3-1-2-4-6-8-10-20-37-28-17-15-27(16-18-28)35-34-26-13-11-24(22-33)12-14-26/h11-18,21H,1-10,19-20,23H2. The van der Waals surface area contributed by atoms with Crippen molar-refractivity contribution in [3.63, 3.8) is 0 Å². The molecule has 0 radical (unpaired) electrons. The van der Waals surface area contributed by atoms with Gasteiger partial charge < -0.3 is 9.47 Å². The van der Waals surface area contributed by atoms with Gasteiger partial charge in [-0.3, -0.25) is 0 Å². The van der Waals surface area contributed by atoms with Gasteiger partial charge >= 0.3 is 0 Å². The fourth-order valence-corrected chi connectivity index (χ4v) is 6.68. The Morgan fingerprint density at radius 3 is 1.76 bits per heavy atom. The van der Waals surface area contributed by atoms with E-state index in [0.717, 1.165) is 50.8 Å². The first-order chi connectivity index (χ1) is 18.6. The van der Waals surface area contributed by atoms with Gasteiger partial charge in [0.15, 0.2) is 0 Å². The molecule has 0 amide bonds. The van der Waals surface area contributed by atoms with E-state index in [1.54, 1.807) is 35.6 Å². The van der Waals surface area contributed by atoms with Crippen molar-refractivity contribution in [3.05, 3.63) is 73.3 Å². The molecular formula is C30H35Br2N3O2S. The molecule has 0 aliphatic carbocycles. The highest BCUT2D eigenvalue weighted by atomic mass is 79.9. The highest BCUT2D eigenvalue weighted by Gasteiger charge is 2.05. The largest absolute Gasteiger partial charge is 0.494 e. The van der Waals surface area contributed by atoms with Crippen LogP contribution in [0.3, 0.4) is 0 Å². The molecule has 0 atom stereocenters. The van der Waals surface area contributed by atoms with E-state index in [2.05, 4.69) is 54.2 Å². The molecule has 38 heavy (non-hydrogen) atoms. The molecule has 0 fully saturated rings. The minimum absolute atomic E-state index is 0.613. The number of unbranched alkanes of at least 4 members (excludes halogenated alkanes) is 9. The number of rotatable bonds is 18. The molecule has 0 aliphatic rings. The van der Waals surface area contributed by atoms with E-state index in [1.807, 2.05) is 24.3 Å². The van der Waals surface area contributed by atoms with Crippen LogP contribution >= 0.6 is 43.2 Å². The van der Waals surface area contributed by atoms with Gasteiger partial charge in [0.25, 0.3) is 0 Å². The Morgan fingerprint density at radius 2 is 1.24 bits per heavy atom. The summed E-state index contributed by atoms with van der Waals surface area (Å²) in [7, 11) is 0. The van der Waals surface area contributed by atoms with Gasteiger partial charge in [0.1, 0.15) is 5.75 Å². The summed E-state index contributed by atoms with van der Waals surface area (Å²) in [5.74, 6) is 0.861. The van der Waals surface area contributed by atoms with Crippen LogP contribution in [0.1, 0.15) is 75.3 Å². The molecule has 2 aromatic carbocycles. The lowest BCUT2D eigenvalue weighted by atomic mass is 10.1. The first-order valence-corrected chi connectivity index (χ1v) is 15.7. The van der Waals surface area contributed by atoms with Crippen LogP contribution in [0, 0.1) is 11.3 Å². The molecule has 1 aromatic heterocycles. The zero-order valence-corrected chi connectivity index (χ0v) is 25.7. The molecule has 0 N–H and O–H groups in total. The molecule has 0 aliphatic heterocycles. The fraction of sp³-hybridized carbons (Fsp3) is 0.433. The fourth-order valence-electron chi connectivity index (χ4n) is 3.89. The second-order valence-electron chi connectivity index (χ2n) is 9.14. The van der Waals surface area contributed by atoms with E-state index in [-0.39, 0.29) is 0 Å². The zero-order valence-electron chi connectivity index (χ0n) is 21.7.